The Bertz CT molecular complexity index is 368. The van der Waals surface area contributed by atoms with Crippen molar-refractivity contribution in [2.75, 3.05) is 0 Å². The molecule has 2 N–H and O–H groups in total. The van der Waals surface area contributed by atoms with Crippen LogP contribution in [0.3, 0.4) is 0 Å². The van der Waals surface area contributed by atoms with Gasteiger partial charge < -0.3 is 5.11 Å². The highest BCUT2D eigenvalue weighted by molar-refractivity contribution is 7.86. The molecule has 2 unspecified atom stereocenters. The van der Waals surface area contributed by atoms with Gasteiger partial charge in [0.1, 0.15) is 0 Å². The zero-order valence-corrected chi connectivity index (χ0v) is 16.7. The molecule has 0 spiro atoms. The van der Waals surface area contributed by atoms with Crippen molar-refractivity contribution in [3.63, 3.8) is 0 Å². The van der Waals surface area contributed by atoms with Gasteiger partial charge in [-0.3, -0.25) is 4.55 Å². The average Bonchev–Trinajstić information content (AvgIpc) is 2.51. The van der Waals surface area contributed by atoms with E-state index in [4.69, 9.17) is 0 Å². The summed E-state index contributed by atoms with van der Waals surface area (Å²) in [5.74, 6) is 0. The van der Waals surface area contributed by atoms with E-state index in [0.717, 1.165) is 83.5 Å². The number of hydrogen-bond acceptors (Lipinski definition) is 3. The Labute approximate surface area is 150 Å². The SMILES string of the molecule is CCCCCCC(CCCCCCCCC(O)CCC)S(=O)(=O)O. The molecule has 0 aliphatic carbocycles. The van der Waals surface area contributed by atoms with Crippen molar-refractivity contribution in [3.05, 3.63) is 0 Å². The molecule has 5 heteroatoms. The Kier molecular flexibility index (Phi) is 15.1. The zero-order chi connectivity index (χ0) is 18.3. The highest BCUT2D eigenvalue weighted by atomic mass is 32.2. The van der Waals surface area contributed by atoms with Crippen LogP contribution < -0.4 is 0 Å². The molecule has 0 aromatic carbocycles. The molecule has 146 valence electrons. The van der Waals surface area contributed by atoms with E-state index in [1.165, 1.54) is 0 Å². The molecule has 0 aliphatic heterocycles. The summed E-state index contributed by atoms with van der Waals surface area (Å²) < 4.78 is 32.2. The molecule has 0 radical (unpaired) electrons. The van der Waals surface area contributed by atoms with E-state index in [0.29, 0.717) is 12.8 Å². The van der Waals surface area contributed by atoms with Gasteiger partial charge in [-0.15, -0.1) is 0 Å². The van der Waals surface area contributed by atoms with E-state index in [-0.39, 0.29) is 6.10 Å². The molecule has 0 aromatic rings. The summed E-state index contributed by atoms with van der Waals surface area (Å²) in [5, 5.41) is 9.08. The van der Waals surface area contributed by atoms with Crippen LogP contribution in [0.25, 0.3) is 0 Å². The first-order valence-corrected chi connectivity index (χ1v) is 11.6. The van der Waals surface area contributed by atoms with Crippen LogP contribution in [-0.4, -0.2) is 29.4 Å². The maximum atomic E-state index is 11.4. The lowest BCUT2D eigenvalue weighted by atomic mass is 10.0. The molecule has 0 bridgehead atoms. The third kappa shape index (κ3) is 14.2. The minimum absolute atomic E-state index is 0.141. The molecule has 0 fully saturated rings. The van der Waals surface area contributed by atoms with Gasteiger partial charge in [-0.2, -0.15) is 8.42 Å². The first kappa shape index (κ1) is 23.9. The molecule has 4 nitrogen and oxygen atoms in total. The lowest BCUT2D eigenvalue weighted by Crippen LogP contribution is -2.20. The molecule has 0 amide bonds. The summed E-state index contributed by atoms with van der Waals surface area (Å²) in [5.41, 5.74) is 0. The van der Waals surface area contributed by atoms with Crippen LogP contribution in [0.15, 0.2) is 0 Å². The fourth-order valence-electron chi connectivity index (χ4n) is 3.18. The number of aliphatic hydroxyl groups excluding tert-OH is 1. The Morgan fingerprint density at radius 1 is 0.667 bits per heavy atom. The fraction of sp³-hybridized carbons (Fsp3) is 1.00. The van der Waals surface area contributed by atoms with Crippen LogP contribution in [0.5, 0.6) is 0 Å². The Morgan fingerprint density at radius 3 is 1.58 bits per heavy atom. The van der Waals surface area contributed by atoms with Gasteiger partial charge >= 0.3 is 0 Å². The predicted molar refractivity (Wildman–Crippen MR) is 102 cm³/mol. The second kappa shape index (κ2) is 15.2. The van der Waals surface area contributed by atoms with E-state index < -0.39 is 15.4 Å². The van der Waals surface area contributed by atoms with Gasteiger partial charge in [0.15, 0.2) is 0 Å². The summed E-state index contributed by atoms with van der Waals surface area (Å²) in [4.78, 5) is 0. The van der Waals surface area contributed by atoms with Crippen LogP contribution in [0.1, 0.15) is 110 Å². The Balaban J connectivity index is 3.69. The van der Waals surface area contributed by atoms with Gasteiger partial charge in [0.05, 0.1) is 11.4 Å². The number of rotatable bonds is 17. The fourth-order valence-corrected chi connectivity index (χ4v) is 4.11. The normalized spacial score (nSPS) is 14.7. The van der Waals surface area contributed by atoms with Gasteiger partial charge in [0.2, 0.25) is 0 Å². The molecule has 24 heavy (non-hydrogen) atoms. The summed E-state index contributed by atoms with van der Waals surface area (Å²) in [6.07, 6.45) is 14.4. The van der Waals surface area contributed by atoms with Gasteiger partial charge in [-0.25, -0.2) is 0 Å². The molecule has 0 aromatic heterocycles. The topological polar surface area (TPSA) is 74.6 Å². The lowest BCUT2D eigenvalue weighted by molar-refractivity contribution is 0.150. The number of aliphatic hydroxyl groups is 1. The van der Waals surface area contributed by atoms with E-state index in [9.17, 15) is 18.1 Å². The highest BCUT2D eigenvalue weighted by Crippen LogP contribution is 2.19. The summed E-state index contributed by atoms with van der Waals surface area (Å²) in [6.45, 7) is 4.22. The number of hydrogen-bond donors (Lipinski definition) is 2. The van der Waals surface area contributed by atoms with Crippen molar-refractivity contribution >= 4 is 10.1 Å². The monoisotopic (exact) mass is 364 g/mol. The maximum Gasteiger partial charge on any atom is 0.267 e. The second-order valence-corrected chi connectivity index (χ2v) is 8.82. The van der Waals surface area contributed by atoms with E-state index in [1.54, 1.807) is 0 Å². The largest absolute Gasteiger partial charge is 0.393 e. The molecule has 2 atom stereocenters. The van der Waals surface area contributed by atoms with E-state index in [2.05, 4.69) is 13.8 Å². The van der Waals surface area contributed by atoms with Crippen LogP contribution in [0.2, 0.25) is 0 Å². The molecule has 0 heterocycles. The third-order valence-corrected chi connectivity index (χ3v) is 6.05. The lowest BCUT2D eigenvalue weighted by Gasteiger charge is -2.13. The summed E-state index contributed by atoms with van der Waals surface area (Å²) >= 11 is 0. The quantitative estimate of drug-likeness (QED) is 0.264. The van der Waals surface area contributed by atoms with E-state index in [1.807, 2.05) is 0 Å². The summed E-state index contributed by atoms with van der Waals surface area (Å²) in [6, 6.07) is 0. The molecule has 0 aliphatic rings. The Morgan fingerprint density at radius 2 is 1.12 bits per heavy atom. The molecule has 0 rings (SSSR count). The van der Waals surface area contributed by atoms with Gasteiger partial charge in [0.25, 0.3) is 10.1 Å². The molecular formula is C19H40O4S. The average molecular weight is 365 g/mol. The van der Waals surface area contributed by atoms with Gasteiger partial charge in [-0.1, -0.05) is 84.5 Å². The maximum absolute atomic E-state index is 11.4. The van der Waals surface area contributed by atoms with Crippen molar-refractivity contribution in [1.82, 2.24) is 0 Å². The van der Waals surface area contributed by atoms with Crippen molar-refractivity contribution < 1.29 is 18.1 Å². The third-order valence-electron chi connectivity index (χ3n) is 4.74. The first-order valence-electron chi connectivity index (χ1n) is 10.1. The van der Waals surface area contributed by atoms with Crippen LogP contribution in [0.4, 0.5) is 0 Å². The Hall–Kier alpha value is -0.130. The van der Waals surface area contributed by atoms with Crippen molar-refractivity contribution in [1.29, 1.82) is 0 Å². The predicted octanol–water partition coefficient (Wildman–Crippen LogP) is 5.50. The van der Waals surface area contributed by atoms with Crippen molar-refractivity contribution in [2.24, 2.45) is 0 Å². The van der Waals surface area contributed by atoms with Crippen LogP contribution in [0, 0.1) is 0 Å². The smallest absolute Gasteiger partial charge is 0.267 e. The van der Waals surface area contributed by atoms with E-state index >= 15 is 0 Å². The summed E-state index contributed by atoms with van der Waals surface area (Å²) in [7, 11) is -3.90. The molecular weight excluding hydrogens is 324 g/mol. The first-order chi connectivity index (χ1) is 11.4. The van der Waals surface area contributed by atoms with Crippen LogP contribution >= 0.6 is 0 Å². The molecule has 0 saturated carbocycles. The number of unbranched alkanes of at least 4 members (excludes halogenated alkanes) is 8. The van der Waals surface area contributed by atoms with Gasteiger partial charge in [-0.05, 0) is 25.7 Å². The van der Waals surface area contributed by atoms with Crippen molar-refractivity contribution in [3.8, 4) is 0 Å². The van der Waals surface area contributed by atoms with Crippen molar-refractivity contribution in [2.45, 2.75) is 122 Å². The molecule has 0 saturated heterocycles. The zero-order valence-electron chi connectivity index (χ0n) is 15.9. The second-order valence-electron chi connectivity index (χ2n) is 7.13. The minimum atomic E-state index is -3.90. The van der Waals surface area contributed by atoms with Gasteiger partial charge in [0, 0.05) is 0 Å². The standard InChI is InChI=1S/C19H40O4S/c1-3-5-6-12-16-19(24(21,22)23)17-13-10-8-7-9-11-15-18(20)14-4-2/h18-20H,3-17H2,1-2H3,(H,21,22,23). The van der Waals surface area contributed by atoms with Crippen LogP contribution in [-0.2, 0) is 10.1 Å². The highest BCUT2D eigenvalue weighted by Gasteiger charge is 2.21. The minimum Gasteiger partial charge on any atom is -0.393 e.